The van der Waals surface area contributed by atoms with Crippen molar-refractivity contribution in [3.8, 4) is 0 Å². The Bertz CT molecular complexity index is 544. The number of carbonyl (C=O) groups is 2. The largest absolute Gasteiger partial charge is 0.464 e. The van der Waals surface area contributed by atoms with Gasteiger partial charge in [0.05, 0.1) is 6.61 Å². The summed E-state index contributed by atoms with van der Waals surface area (Å²) in [6.07, 6.45) is 3.51. The maximum absolute atomic E-state index is 12.8. The third-order valence-corrected chi connectivity index (χ3v) is 4.47. The SMILES string of the molecule is CCOC(=O)C1CCCN1C(=O)c1cc(SC)ccc1C. The molecule has 0 aromatic heterocycles. The van der Waals surface area contributed by atoms with Crippen LogP contribution in [0.1, 0.15) is 35.7 Å². The van der Waals surface area contributed by atoms with Crippen LogP contribution in [0.5, 0.6) is 0 Å². The van der Waals surface area contributed by atoms with E-state index in [4.69, 9.17) is 4.74 Å². The Labute approximate surface area is 129 Å². The summed E-state index contributed by atoms with van der Waals surface area (Å²) < 4.78 is 5.08. The Morgan fingerprint density at radius 1 is 1.43 bits per heavy atom. The Balaban J connectivity index is 2.24. The van der Waals surface area contributed by atoms with Crippen LogP contribution in [0.2, 0.25) is 0 Å². The molecule has 0 saturated carbocycles. The molecule has 2 rings (SSSR count). The highest BCUT2D eigenvalue weighted by Crippen LogP contribution is 2.25. The summed E-state index contributed by atoms with van der Waals surface area (Å²) in [7, 11) is 0. The van der Waals surface area contributed by atoms with Crippen molar-refractivity contribution in [2.45, 2.75) is 37.6 Å². The zero-order valence-electron chi connectivity index (χ0n) is 12.7. The van der Waals surface area contributed by atoms with Crippen LogP contribution < -0.4 is 0 Å². The fourth-order valence-corrected chi connectivity index (χ4v) is 3.05. The summed E-state index contributed by atoms with van der Waals surface area (Å²) in [5.41, 5.74) is 1.62. The number of ether oxygens (including phenoxy) is 1. The molecule has 1 aliphatic rings. The van der Waals surface area contributed by atoms with Gasteiger partial charge in [-0.25, -0.2) is 4.79 Å². The molecule has 1 aromatic rings. The van der Waals surface area contributed by atoms with Gasteiger partial charge in [-0.1, -0.05) is 6.07 Å². The second kappa shape index (κ2) is 6.98. The molecule has 0 aliphatic carbocycles. The molecule has 0 radical (unpaired) electrons. The van der Waals surface area contributed by atoms with E-state index in [1.807, 2.05) is 31.4 Å². The molecule has 1 aliphatic heterocycles. The number of aryl methyl sites for hydroxylation is 1. The number of carbonyl (C=O) groups excluding carboxylic acids is 2. The molecule has 1 amide bonds. The predicted octanol–water partition coefficient (Wildman–Crippen LogP) is 2.88. The second-order valence-electron chi connectivity index (χ2n) is 5.09. The molecule has 21 heavy (non-hydrogen) atoms. The quantitative estimate of drug-likeness (QED) is 0.634. The third kappa shape index (κ3) is 3.40. The van der Waals surface area contributed by atoms with Gasteiger partial charge in [0.2, 0.25) is 0 Å². The number of rotatable bonds is 4. The number of benzene rings is 1. The highest BCUT2D eigenvalue weighted by molar-refractivity contribution is 7.98. The van der Waals surface area contributed by atoms with E-state index in [2.05, 4.69) is 0 Å². The first-order valence-electron chi connectivity index (χ1n) is 7.20. The fourth-order valence-electron chi connectivity index (χ4n) is 2.61. The number of likely N-dealkylation sites (tertiary alicyclic amines) is 1. The second-order valence-corrected chi connectivity index (χ2v) is 5.97. The van der Waals surface area contributed by atoms with Gasteiger partial charge in [0, 0.05) is 17.0 Å². The highest BCUT2D eigenvalue weighted by Gasteiger charge is 2.35. The number of amides is 1. The Hall–Kier alpha value is -1.49. The molecular weight excluding hydrogens is 286 g/mol. The molecule has 5 heteroatoms. The van der Waals surface area contributed by atoms with Crippen LogP contribution in [0.3, 0.4) is 0 Å². The minimum Gasteiger partial charge on any atom is -0.464 e. The molecule has 0 spiro atoms. The molecule has 1 atom stereocenters. The average molecular weight is 307 g/mol. The number of hydrogen-bond acceptors (Lipinski definition) is 4. The van der Waals surface area contributed by atoms with Crippen LogP contribution in [-0.4, -0.2) is 42.2 Å². The van der Waals surface area contributed by atoms with Gasteiger partial charge in [-0.3, -0.25) is 4.79 Å². The van der Waals surface area contributed by atoms with Crippen molar-refractivity contribution in [2.24, 2.45) is 0 Å². The van der Waals surface area contributed by atoms with Gasteiger partial charge in [-0.15, -0.1) is 11.8 Å². The van der Waals surface area contributed by atoms with Crippen molar-refractivity contribution in [3.05, 3.63) is 29.3 Å². The standard InChI is InChI=1S/C16H21NO3S/c1-4-20-16(19)14-6-5-9-17(14)15(18)13-10-12(21-3)8-7-11(13)2/h7-8,10,14H,4-6,9H2,1-3H3. The van der Waals surface area contributed by atoms with Gasteiger partial charge < -0.3 is 9.64 Å². The highest BCUT2D eigenvalue weighted by atomic mass is 32.2. The zero-order chi connectivity index (χ0) is 15.4. The van der Waals surface area contributed by atoms with Crippen LogP contribution in [0.4, 0.5) is 0 Å². The molecule has 1 heterocycles. The van der Waals surface area contributed by atoms with Crippen molar-refractivity contribution in [3.63, 3.8) is 0 Å². The molecule has 1 unspecified atom stereocenters. The molecule has 4 nitrogen and oxygen atoms in total. The van der Waals surface area contributed by atoms with Crippen molar-refractivity contribution in [2.75, 3.05) is 19.4 Å². The fraction of sp³-hybridized carbons (Fsp3) is 0.500. The van der Waals surface area contributed by atoms with Crippen molar-refractivity contribution in [1.82, 2.24) is 4.90 Å². The maximum atomic E-state index is 12.8. The number of hydrogen-bond donors (Lipinski definition) is 0. The Morgan fingerprint density at radius 2 is 2.19 bits per heavy atom. The summed E-state index contributed by atoms with van der Waals surface area (Å²) in [6.45, 7) is 4.67. The van der Waals surface area contributed by atoms with Gasteiger partial charge >= 0.3 is 5.97 Å². The van der Waals surface area contributed by atoms with Gasteiger partial charge in [-0.2, -0.15) is 0 Å². The zero-order valence-corrected chi connectivity index (χ0v) is 13.5. The number of thioether (sulfide) groups is 1. The van der Waals surface area contributed by atoms with Crippen LogP contribution in [0.25, 0.3) is 0 Å². The van der Waals surface area contributed by atoms with E-state index < -0.39 is 6.04 Å². The molecule has 114 valence electrons. The van der Waals surface area contributed by atoms with Crippen LogP contribution in [-0.2, 0) is 9.53 Å². The predicted molar refractivity (Wildman–Crippen MR) is 83.7 cm³/mol. The van der Waals surface area contributed by atoms with Gasteiger partial charge in [0.1, 0.15) is 6.04 Å². The normalized spacial score (nSPS) is 17.9. The minimum atomic E-state index is -0.435. The minimum absolute atomic E-state index is 0.0704. The molecule has 1 saturated heterocycles. The molecule has 1 fully saturated rings. The summed E-state index contributed by atoms with van der Waals surface area (Å²) in [5.74, 6) is -0.360. The van der Waals surface area contributed by atoms with E-state index in [0.717, 1.165) is 16.9 Å². The van der Waals surface area contributed by atoms with E-state index >= 15 is 0 Å². The number of nitrogens with zero attached hydrogens (tertiary/aromatic N) is 1. The first-order valence-corrected chi connectivity index (χ1v) is 8.43. The van der Waals surface area contributed by atoms with Crippen molar-refractivity contribution < 1.29 is 14.3 Å². The maximum Gasteiger partial charge on any atom is 0.328 e. The summed E-state index contributed by atoms with van der Waals surface area (Å²) in [5, 5.41) is 0. The monoisotopic (exact) mass is 307 g/mol. The topological polar surface area (TPSA) is 46.6 Å². The molecular formula is C16H21NO3S. The molecule has 1 aromatic carbocycles. The van der Waals surface area contributed by atoms with Crippen LogP contribution in [0.15, 0.2) is 23.1 Å². The van der Waals surface area contributed by atoms with Crippen molar-refractivity contribution in [1.29, 1.82) is 0 Å². The lowest BCUT2D eigenvalue weighted by Gasteiger charge is -2.24. The summed E-state index contributed by atoms with van der Waals surface area (Å²) in [4.78, 5) is 27.5. The summed E-state index contributed by atoms with van der Waals surface area (Å²) >= 11 is 1.60. The lowest BCUT2D eigenvalue weighted by Crippen LogP contribution is -2.41. The number of esters is 1. The van der Waals surface area contributed by atoms with E-state index in [0.29, 0.717) is 25.1 Å². The van der Waals surface area contributed by atoms with E-state index in [9.17, 15) is 9.59 Å². The third-order valence-electron chi connectivity index (χ3n) is 3.75. The Morgan fingerprint density at radius 3 is 2.86 bits per heavy atom. The molecule has 0 N–H and O–H groups in total. The first kappa shape index (κ1) is 15.9. The van der Waals surface area contributed by atoms with E-state index in [-0.39, 0.29) is 11.9 Å². The van der Waals surface area contributed by atoms with Crippen LogP contribution in [0, 0.1) is 6.92 Å². The van der Waals surface area contributed by atoms with E-state index in [1.54, 1.807) is 23.6 Å². The van der Waals surface area contributed by atoms with Gasteiger partial charge in [0.15, 0.2) is 0 Å². The molecule has 0 bridgehead atoms. The summed E-state index contributed by atoms with van der Waals surface area (Å²) in [6, 6.07) is 5.43. The van der Waals surface area contributed by atoms with Gasteiger partial charge in [0.25, 0.3) is 5.91 Å². The smallest absolute Gasteiger partial charge is 0.328 e. The van der Waals surface area contributed by atoms with Gasteiger partial charge in [-0.05, 0) is 50.6 Å². The first-order chi connectivity index (χ1) is 10.1. The van der Waals surface area contributed by atoms with Crippen LogP contribution >= 0.6 is 11.8 Å². The average Bonchev–Trinajstić information content (AvgIpc) is 2.97. The Kier molecular flexibility index (Phi) is 5.28. The lowest BCUT2D eigenvalue weighted by atomic mass is 10.1. The van der Waals surface area contributed by atoms with Crippen molar-refractivity contribution >= 4 is 23.6 Å². The lowest BCUT2D eigenvalue weighted by molar-refractivity contribution is -0.147. The van der Waals surface area contributed by atoms with E-state index in [1.165, 1.54) is 0 Å².